The van der Waals surface area contributed by atoms with Gasteiger partial charge in [-0.1, -0.05) is 29.8 Å². The van der Waals surface area contributed by atoms with Gasteiger partial charge in [0.1, 0.15) is 22.9 Å². The summed E-state index contributed by atoms with van der Waals surface area (Å²) in [6.45, 7) is 6.35. The number of aromatic amines is 1. The van der Waals surface area contributed by atoms with Crippen molar-refractivity contribution in [1.29, 1.82) is 0 Å². The van der Waals surface area contributed by atoms with Crippen molar-refractivity contribution in [2.24, 2.45) is 11.6 Å². The summed E-state index contributed by atoms with van der Waals surface area (Å²) in [6.07, 6.45) is 1.37. The fraction of sp³-hybridized carbons (Fsp3) is 0.273. The topological polar surface area (TPSA) is 148 Å². The van der Waals surface area contributed by atoms with E-state index >= 15 is 0 Å². The summed E-state index contributed by atoms with van der Waals surface area (Å²) in [5, 5.41) is 5.85. The second-order valence-corrected chi connectivity index (χ2v) is 11.7. The number of anilines is 1. The van der Waals surface area contributed by atoms with E-state index in [1.165, 1.54) is 17.0 Å². The SMILES string of the molecule is COc1ccc(N(N)/C(C)=C(\N)C(=O)NCCSNC(=O)c2[nH]c3ccccc3c2CCCOc2cc(C)c(Cl)c(C)c2)cc1. The first-order valence-electron chi connectivity index (χ1n) is 14.4. The predicted octanol–water partition coefficient (Wildman–Crippen LogP) is 5.52. The van der Waals surface area contributed by atoms with E-state index in [0.717, 1.165) is 44.8 Å². The minimum absolute atomic E-state index is 0.00428. The number of hydrazine groups is 1. The largest absolute Gasteiger partial charge is 0.497 e. The third kappa shape index (κ3) is 8.44. The number of ether oxygens (including phenoxy) is 2. The van der Waals surface area contributed by atoms with Crippen LogP contribution in [0.2, 0.25) is 5.02 Å². The summed E-state index contributed by atoms with van der Waals surface area (Å²) >= 11 is 7.48. The van der Waals surface area contributed by atoms with E-state index in [4.69, 9.17) is 32.7 Å². The fourth-order valence-electron chi connectivity index (χ4n) is 4.79. The molecule has 0 saturated heterocycles. The molecule has 12 heteroatoms. The monoisotopic (exact) mass is 650 g/mol. The van der Waals surface area contributed by atoms with E-state index in [1.54, 1.807) is 38.3 Å². The molecular formula is C33H39ClN6O4S. The number of carbonyl (C=O) groups is 2. The van der Waals surface area contributed by atoms with Crippen LogP contribution >= 0.6 is 23.5 Å². The maximum absolute atomic E-state index is 13.2. The van der Waals surface area contributed by atoms with Gasteiger partial charge in [0.25, 0.3) is 11.8 Å². The van der Waals surface area contributed by atoms with Gasteiger partial charge in [0.05, 0.1) is 25.1 Å². The highest BCUT2D eigenvalue weighted by molar-refractivity contribution is 7.97. The first-order valence-corrected chi connectivity index (χ1v) is 15.8. The minimum atomic E-state index is -0.451. The Bertz CT molecular complexity index is 1670. The molecule has 0 saturated carbocycles. The van der Waals surface area contributed by atoms with E-state index in [1.807, 2.05) is 50.2 Å². The summed E-state index contributed by atoms with van der Waals surface area (Å²) in [6, 6.07) is 18.8. The van der Waals surface area contributed by atoms with Gasteiger partial charge in [0, 0.05) is 28.2 Å². The van der Waals surface area contributed by atoms with E-state index in [2.05, 4.69) is 15.0 Å². The number of H-pyrrole nitrogens is 1. The van der Waals surface area contributed by atoms with Crippen molar-refractivity contribution in [3.05, 3.63) is 99.5 Å². The summed E-state index contributed by atoms with van der Waals surface area (Å²) in [5.41, 5.74) is 11.4. The Morgan fingerprint density at radius 1 is 1.04 bits per heavy atom. The molecule has 7 N–H and O–H groups in total. The van der Waals surface area contributed by atoms with E-state index < -0.39 is 5.91 Å². The molecule has 0 aliphatic rings. The van der Waals surface area contributed by atoms with E-state index in [0.29, 0.717) is 41.6 Å². The molecule has 0 aliphatic heterocycles. The Hall–Kier alpha value is -4.32. The lowest BCUT2D eigenvalue weighted by Crippen LogP contribution is -2.37. The molecule has 4 rings (SSSR count). The van der Waals surface area contributed by atoms with Crippen molar-refractivity contribution in [2.75, 3.05) is 31.0 Å². The Morgan fingerprint density at radius 2 is 1.73 bits per heavy atom. The molecule has 0 spiro atoms. The molecule has 0 unspecified atom stereocenters. The number of nitrogens with two attached hydrogens (primary N) is 2. The molecule has 0 radical (unpaired) electrons. The molecular weight excluding hydrogens is 612 g/mol. The third-order valence-corrected chi connectivity index (χ3v) is 8.63. The fourth-order valence-corrected chi connectivity index (χ4v) is 5.44. The molecule has 4 aromatic rings. The number of allylic oxidation sites excluding steroid dienone is 1. The van der Waals surface area contributed by atoms with Crippen LogP contribution in [0.3, 0.4) is 0 Å². The molecule has 10 nitrogen and oxygen atoms in total. The summed E-state index contributed by atoms with van der Waals surface area (Å²) in [7, 11) is 1.58. The van der Waals surface area contributed by atoms with Gasteiger partial charge in [0.2, 0.25) is 0 Å². The molecule has 1 heterocycles. The van der Waals surface area contributed by atoms with Gasteiger partial charge in [-0.2, -0.15) is 0 Å². The predicted molar refractivity (Wildman–Crippen MR) is 183 cm³/mol. The van der Waals surface area contributed by atoms with Gasteiger partial charge in [0.15, 0.2) is 0 Å². The molecule has 45 heavy (non-hydrogen) atoms. The van der Waals surface area contributed by atoms with E-state index in [9.17, 15) is 9.59 Å². The normalized spacial score (nSPS) is 11.6. The Labute approximate surface area is 272 Å². The van der Waals surface area contributed by atoms with Crippen molar-refractivity contribution in [2.45, 2.75) is 33.6 Å². The number of halogens is 1. The van der Waals surface area contributed by atoms with Crippen molar-refractivity contribution in [3.63, 3.8) is 0 Å². The lowest BCUT2D eigenvalue weighted by Gasteiger charge is -2.21. The number of hydrogen-bond acceptors (Lipinski definition) is 8. The maximum atomic E-state index is 13.2. The summed E-state index contributed by atoms with van der Waals surface area (Å²) in [5.74, 6) is 7.37. The number of rotatable bonds is 14. The van der Waals surface area contributed by atoms with Gasteiger partial charge in [-0.3, -0.25) is 19.3 Å². The lowest BCUT2D eigenvalue weighted by atomic mass is 10.1. The minimum Gasteiger partial charge on any atom is -0.497 e. The Kier molecular flexibility index (Phi) is 11.6. The van der Waals surface area contributed by atoms with Crippen molar-refractivity contribution < 1.29 is 19.1 Å². The van der Waals surface area contributed by atoms with Gasteiger partial charge < -0.3 is 25.5 Å². The molecule has 1 aromatic heterocycles. The third-order valence-electron chi connectivity index (χ3n) is 7.29. The number of nitrogens with zero attached hydrogens (tertiary/aromatic N) is 1. The average Bonchev–Trinajstić information content (AvgIpc) is 3.42. The van der Waals surface area contributed by atoms with Gasteiger partial charge in [-0.25, -0.2) is 5.84 Å². The van der Waals surface area contributed by atoms with Crippen LogP contribution in [0.5, 0.6) is 11.5 Å². The van der Waals surface area contributed by atoms with Gasteiger partial charge in [-0.15, -0.1) is 0 Å². The highest BCUT2D eigenvalue weighted by Gasteiger charge is 2.18. The number of nitrogens with one attached hydrogen (secondary N) is 3. The second kappa shape index (κ2) is 15.6. The first-order chi connectivity index (χ1) is 21.6. The second-order valence-electron chi connectivity index (χ2n) is 10.4. The molecule has 2 amide bonds. The number of para-hydroxylation sites is 1. The van der Waals surface area contributed by atoms with Crippen LogP contribution in [0.1, 0.15) is 40.5 Å². The first kappa shape index (κ1) is 33.6. The molecule has 0 aliphatic carbocycles. The van der Waals surface area contributed by atoms with Crippen LogP contribution in [-0.2, 0) is 11.2 Å². The number of aryl methyl sites for hydroxylation is 3. The zero-order valence-electron chi connectivity index (χ0n) is 25.8. The maximum Gasteiger partial charge on any atom is 0.277 e. The van der Waals surface area contributed by atoms with Crippen LogP contribution in [0.15, 0.2) is 72.1 Å². The van der Waals surface area contributed by atoms with Crippen LogP contribution in [0, 0.1) is 13.8 Å². The molecule has 0 bridgehead atoms. The number of carbonyl (C=O) groups excluding carboxylic acids is 2. The zero-order chi connectivity index (χ0) is 32.5. The molecule has 238 valence electrons. The van der Waals surface area contributed by atoms with Gasteiger partial charge in [-0.05, 0) is 105 Å². The smallest absolute Gasteiger partial charge is 0.277 e. The van der Waals surface area contributed by atoms with Crippen molar-refractivity contribution >= 4 is 52.0 Å². The van der Waals surface area contributed by atoms with Crippen LogP contribution in [-0.4, -0.2) is 42.8 Å². The number of aromatic nitrogens is 1. The zero-order valence-corrected chi connectivity index (χ0v) is 27.4. The molecule has 0 fully saturated rings. The summed E-state index contributed by atoms with van der Waals surface area (Å²) in [4.78, 5) is 29.1. The average molecular weight is 651 g/mol. The standard InChI is InChI=1S/C33H39ClN6O4S/c1-20-18-25(19-21(2)29(20)34)44-16-7-9-27-26-8-5-6-10-28(26)38-31(27)33(42)39-45-17-15-37-32(41)30(35)22(3)40(36)23-11-13-24(43-4)14-12-23/h5-6,8,10-14,18-19,38H,7,9,15-17,35-36H2,1-4H3,(H,37,41)(H,39,42)/b30-22-. The Balaban J connectivity index is 1.28. The number of benzene rings is 3. The molecule has 3 aromatic carbocycles. The number of fused-ring (bicyclic) bond motifs is 1. The lowest BCUT2D eigenvalue weighted by molar-refractivity contribution is -0.117. The van der Waals surface area contributed by atoms with E-state index in [-0.39, 0.29) is 18.1 Å². The van der Waals surface area contributed by atoms with Crippen molar-refractivity contribution in [1.82, 2.24) is 15.0 Å². The number of methoxy groups -OCH3 is 1. The summed E-state index contributed by atoms with van der Waals surface area (Å²) < 4.78 is 14.0. The van der Waals surface area contributed by atoms with Crippen LogP contribution < -0.4 is 36.1 Å². The van der Waals surface area contributed by atoms with Crippen LogP contribution in [0.25, 0.3) is 10.9 Å². The van der Waals surface area contributed by atoms with Gasteiger partial charge >= 0.3 is 0 Å². The molecule has 0 atom stereocenters. The quantitative estimate of drug-likeness (QED) is 0.0394. The Morgan fingerprint density at radius 3 is 2.42 bits per heavy atom. The highest BCUT2D eigenvalue weighted by Crippen LogP contribution is 2.27. The highest BCUT2D eigenvalue weighted by atomic mass is 35.5. The number of amides is 2. The van der Waals surface area contributed by atoms with Crippen LogP contribution in [0.4, 0.5) is 5.69 Å². The van der Waals surface area contributed by atoms with Crippen molar-refractivity contribution in [3.8, 4) is 11.5 Å². The number of hydrogen-bond donors (Lipinski definition) is 5.